The molecule has 2 rings (SSSR count). The normalized spacial score (nSPS) is 11.2. The molecule has 20 heavy (non-hydrogen) atoms. The molecular formula is C14H10BrF3O2. The molecule has 0 unspecified atom stereocenters. The molecule has 2 nitrogen and oxygen atoms in total. The zero-order chi connectivity index (χ0) is 14.8. The molecule has 0 saturated carbocycles. The van der Waals surface area contributed by atoms with E-state index in [9.17, 15) is 13.2 Å². The number of rotatable bonds is 3. The molecule has 2 aromatic carbocycles. The molecule has 0 spiro atoms. The minimum atomic E-state index is -4.70. The Hall–Kier alpha value is -1.69. The Morgan fingerprint density at radius 1 is 1.00 bits per heavy atom. The Kier molecular flexibility index (Phi) is 4.23. The highest BCUT2D eigenvalue weighted by atomic mass is 79.9. The number of ether oxygens (including phenoxy) is 2. The van der Waals surface area contributed by atoms with E-state index in [-0.39, 0.29) is 5.75 Å². The van der Waals surface area contributed by atoms with E-state index in [4.69, 9.17) is 4.74 Å². The van der Waals surface area contributed by atoms with Crippen LogP contribution < -0.4 is 9.47 Å². The molecule has 0 fully saturated rings. The zero-order valence-electron chi connectivity index (χ0n) is 10.4. The summed E-state index contributed by atoms with van der Waals surface area (Å²) in [6, 6.07) is 11.1. The number of hydrogen-bond acceptors (Lipinski definition) is 2. The van der Waals surface area contributed by atoms with Gasteiger partial charge in [0.25, 0.3) is 0 Å². The molecule has 6 heteroatoms. The predicted octanol–water partition coefficient (Wildman–Crippen LogP) is 5.02. The Morgan fingerprint density at radius 2 is 1.70 bits per heavy atom. The van der Waals surface area contributed by atoms with E-state index in [2.05, 4.69) is 20.7 Å². The van der Waals surface area contributed by atoms with Crippen molar-refractivity contribution in [2.45, 2.75) is 6.36 Å². The first kappa shape index (κ1) is 14.7. The average molecular weight is 347 g/mol. The zero-order valence-corrected chi connectivity index (χ0v) is 12.0. The maximum atomic E-state index is 12.2. The molecule has 0 aliphatic heterocycles. The van der Waals surface area contributed by atoms with Gasteiger partial charge in [-0.15, -0.1) is 13.2 Å². The first-order chi connectivity index (χ1) is 9.39. The van der Waals surface area contributed by atoms with Crippen LogP contribution in [0.2, 0.25) is 0 Å². The highest BCUT2D eigenvalue weighted by molar-refractivity contribution is 9.10. The van der Waals surface area contributed by atoms with Crippen LogP contribution in [0.25, 0.3) is 11.1 Å². The Bertz CT molecular complexity index is 612. The van der Waals surface area contributed by atoms with Gasteiger partial charge in [-0.3, -0.25) is 0 Å². The standard InChI is InChI=1S/C14H10BrF3O2/c1-19-13-8-10(5-6-12(13)15)9-3-2-4-11(7-9)20-14(16,17)18/h2-8H,1H3. The van der Waals surface area contributed by atoms with E-state index in [1.54, 1.807) is 24.3 Å². The Labute approximate surface area is 122 Å². The van der Waals surface area contributed by atoms with Crippen molar-refractivity contribution >= 4 is 15.9 Å². The summed E-state index contributed by atoms with van der Waals surface area (Å²) in [7, 11) is 1.52. The van der Waals surface area contributed by atoms with Crippen molar-refractivity contribution in [3.63, 3.8) is 0 Å². The summed E-state index contributed by atoms with van der Waals surface area (Å²) in [4.78, 5) is 0. The summed E-state index contributed by atoms with van der Waals surface area (Å²) in [6.07, 6.45) is -4.70. The van der Waals surface area contributed by atoms with E-state index in [1.807, 2.05) is 0 Å². The third-order valence-corrected chi connectivity index (χ3v) is 3.21. The molecule has 0 radical (unpaired) electrons. The van der Waals surface area contributed by atoms with Crippen molar-refractivity contribution < 1.29 is 22.6 Å². The van der Waals surface area contributed by atoms with Crippen molar-refractivity contribution in [1.82, 2.24) is 0 Å². The third-order valence-electron chi connectivity index (χ3n) is 2.55. The molecule has 0 amide bonds. The van der Waals surface area contributed by atoms with Gasteiger partial charge in [0.15, 0.2) is 0 Å². The van der Waals surface area contributed by atoms with Gasteiger partial charge in [0.2, 0.25) is 0 Å². The van der Waals surface area contributed by atoms with Crippen LogP contribution in [-0.4, -0.2) is 13.5 Å². The lowest BCUT2D eigenvalue weighted by molar-refractivity contribution is -0.274. The maximum absolute atomic E-state index is 12.2. The molecule has 0 aliphatic carbocycles. The summed E-state index contributed by atoms with van der Waals surface area (Å²) in [5.74, 6) is 0.349. The van der Waals surface area contributed by atoms with Gasteiger partial charge in [-0.1, -0.05) is 18.2 Å². The van der Waals surface area contributed by atoms with Crippen LogP contribution in [0.4, 0.5) is 13.2 Å². The fraction of sp³-hybridized carbons (Fsp3) is 0.143. The summed E-state index contributed by atoms with van der Waals surface area (Å²) in [6.45, 7) is 0. The maximum Gasteiger partial charge on any atom is 0.573 e. The lowest BCUT2D eigenvalue weighted by atomic mass is 10.1. The largest absolute Gasteiger partial charge is 0.573 e. The lowest BCUT2D eigenvalue weighted by Gasteiger charge is -2.11. The fourth-order valence-corrected chi connectivity index (χ4v) is 2.12. The van der Waals surface area contributed by atoms with Crippen LogP contribution in [0.5, 0.6) is 11.5 Å². The summed E-state index contributed by atoms with van der Waals surface area (Å²) in [5.41, 5.74) is 1.34. The van der Waals surface area contributed by atoms with Gasteiger partial charge in [-0.25, -0.2) is 0 Å². The van der Waals surface area contributed by atoms with Gasteiger partial charge < -0.3 is 9.47 Å². The minimum Gasteiger partial charge on any atom is -0.496 e. The molecule has 0 bridgehead atoms. The number of benzene rings is 2. The molecule has 0 atom stereocenters. The van der Waals surface area contributed by atoms with Gasteiger partial charge in [-0.2, -0.15) is 0 Å². The summed E-state index contributed by atoms with van der Waals surface area (Å²) in [5, 5.41) is 0. The van der Waals surface area contributed by atoms with Crippen molar-refractivity contribution in [2.24, 2.45) is 0 Å². The quantitative estimate of drug-likeness (QED) is 0.776. The van der Waals surface area contributed by atoms with Crippen LogP contribution in [-0.2, 0) is 0 Å². The second-order valence-electron chi connectivity index (χ2n) is 3.92. The molecular weight excluding hydrogens is 337 g/mol. The molecule has 0 aliphatic rings. The molecule has 0 N–H and O–H groups in total. The Morgan fingerprint density at radius 3 is 2.35 bits per heavy atom. The second kappa shape index (κ2) is 5.75. The summed E-state index contributed by atoms with van der Waals surface area (Å²) < 4.78 is 46.4. The third kappa shape index (κ3) is 3.66. The van der Waals surface area contributed by atoms with Crippen molar-refractivity contribution in [1.29, 1.82) is 0 Å². The molecule has 0 saturated heterocycles. The SMILES string of the molecule is COc1cc(-c2cccc(OC(F)(F)F)c2)ccc1Br. The lowest BCUT2D eigenvalue weighted by Crippen LogP contribution is -2.17. The first-order valence-electron chi connectivity index (χ1n) is 5.59. The average Bonchev–Trinajstić information content (AvgIpc) is 2.37. The van der Waals surface area contributed by atoms with Crippen molar-refractivity contribution in [3.8, 4) is 22.6 Å². The first-order valence-corrected chi connectivity index (χ1v) is 6.38. The Balaban J connectivity index is 2.36. The fourth-order valence-electron chi connectivity index (χ4n) is 1.71. The monoisotopic (exact) mass is 346 g/mol. The number of alkyl halides is 3. The van der Waals surface area contributed by atoms with E-state index >= 15 is 0 Å². The molecule has 0 aromatic heterocycles. The smallest absolute Gasteiger partial charge is 0.496 e. The highest BCUT2D eigenvalue weighted by Gasteiger charge is 2.31. The van der Waals surface area contributed by atoms with Gasteiger partial charge in [0, 0.05) is 0 Å². The van der Waals surface area contributed by atoms with Crippen LogP contribution in [0, 0.1) is 0 Å². The van der Waals surface area contributed by atoms with E-state index < -0.39 is 6.36 Å². The van der Waals surface area contributed by atoms with Gasteiger partial charge in [0.1, 0.15) is 11.5 Å². The van der Waals surface area contributed by atoms with E-state index in [0.29, 0.717) is 11.3 Å². The van der Waals surface area contributed by atoms with Crippen molar-refractivity contribution in [3.05, 3.63) is 46.9 Å². The van der Waals surface area contributed by atoms with Gasteiger partial charge >= 0.3 is 6.36 Å². The predicted molar refractivity (Wildman–Crippen MR) is 72.8 cm³/mol. The minimum absolute atomic E-state index is 0.253. The highest BCUT2D eigenvalue weighted by Crippen LogP contribution is 2.33. The number of halogens is 4. The second-order valence-corrected chi connectivity index (χ2v) is 4.78. The molecule has 2 aromatic rings. The topological polar surface area (TPSA) is 18.5 Å². The van der Waals surface area contributed by atoms with Crippen molar-refractivity contribution in [2.75, 3.05) is 7.11 Å². The van der Waals surface area contributed by atoms with Crippen LogP contribution in [0.1, 0.15) is 0 Å². The van der Waals surface area contributed by atoms with E-state index in [0.717, 1.165) is 10.0 Å². The number of methoxy groups -OCH3 is 1. The number of hydrogen-bond donors (Lipinski definition) is 0. The van der Waals surface area contributed by atoms with Crippen LogP contribution in [0.3, 0.4) is 0 Å². The van der Waals surface area contributed by atoms with Gasteiger partial charge in [0.05, 0.1) is 11.6 Å². The molecule has 0 heterocycles. The van der Waals surface area contributed by atoms with Crippen LogP contribution in [0.15, 0.2) is 46.9 Å². The van der Waals surface area contributed by atoms with Gasteiger partial charge in [-0.05, 0) is 51.3 Å². The molecule has 106 valence electrons. The van der Waals surface area contributed by atoms with Crippen LogP contribution >= 0.6 is 15.9 Å². The summed E-state index contributed by atoms with van der Waals surface area (Å²) >= 11 is 3.32. The van der Waals surface area contributed by atoms with E-state index in [1.165, 1.54) is 25.3 Å².